The Balaban J connectivity index is 3.46. The van der Waals surface area contributed by atoms with Gasteiger partial charge in [-0.15, -0.1) is 0 Å². The Labute approximate surface area is 151 Å². The van der Waals surface area contributed by atoms with E-state index in [1.807, 2.05) is 0 Å². The Bertz CT molecular complexity index is 646. The summed E-state index contributed by atoms with van der Waals surface area (Å²) in [5, 5.41) is 0. The molecule has 0 bridgehead atoms. The van der Waals surface area contributed by atoms with Crippen molar-refractivity contribution >= 4 is 0 Å². The van der Waals surface area contributed by atoms with Crippen LogP contribution in [0, 0.1) is 0 Å². The molecule has 1 rings (SSSR count). The van der Waals surface area contributed by atoms with Crippen LogP contribution in [0.2, 0.25) is 0 Å². The van der Waals surface area contributed by atoms with E-state index in [-0.39, 0.29) is 0 Å². The Kier molecular flexibility index (Phi) is 7.32. The third-order valence-corrected chi connectivity index (χ3v) is 3.83. The van der Waals surface area contributed by atoms with Crippen molar-refractivity contribution in [1.82, 2.24) is 0 Å². The first-order valence-corrected chi connectivity index (χ1v) is 7.80. The molecule has 1 aromatic rings. The van der Waals surface area contributed by atoms with Gasteiger partial charge in [0, 0.05) is 19.3 Å². The standard InChI is InChI=1S/C16H14F12/c17-13(18,19)6-3-9-1-2-12(16(26,27)28)11(5-8-15(23,24)25)10(9)4-7-14(20,21)22/h1-2H,3-8H2. The van der Waals surface area contributed by atoms with Crippen molar-refractivity contribution in [2.45, 2.75) is 63.2 Å². The van der Waals surface area contributed by atoms with Gasteiger partial charge in [-0.1, -0.05) is 6.07 Å². The summed E-state index contributed by atoms with van der Waals surface area (Å²) in [6, 6.07) is 0.909. The van der Waals surface area contributed by atoms with Crippen molar-refractivity contribution in [2.75, 3.05) is 0 Å². The van der Waals surface area contributed by atoms with Crippen LogP contribution < -0.4 is 0 Å². The third-order valence-electron chi connectivity index (χ3n) is 3.83. The van der Waals surface area contributed by atoms with E-state index in [1.165, 1.54) is 0 Å². The maximum atomic E-state index is 13.1. The minimum atomic E-state index is -5.17. The van der Waals surface area contributed by atoms with Crippen LogP contribution in [0.15, 0.2) is 12.1 Å². The lowest BCUT2D eigenvalue weighted by Crippen LogP contribution is -2.19. The molecular weight excluding hydrogens is 420 g/mol. The highest BCUT2D eigenvalue weighted by molar-refractivity contribution is 5.43. The summed E-state index contributed by atoms with van der Waals surface area (Å²) >= 11 is 0. The largest absolute Gasteiger partial charge is 0.416 e. The summed E-state index contributed by atoms with van der Waals surface area (Å²) in [4.78, 5) is 0. The Hall–Kier alpha value is -1.62. The Morgan fingerprint density at radius 2 is 0.893 bits per heavy atom. The molecule has 0 radical (unpaired) electrons. The molecule has 12 heteroatoms. The van der Waals surface area contributed by atoms with Crippen LogP contribution in [0.3, 0.4) is 0 Å². The summed E-state index contributed by atoms with van der Waals surface area (Å²) in [6.45, 7) is 0. The normalized spacial score (nSPS) is 13.9. The SMILES string of the molecule is FC(F)(F)CCc1ccc(C(F)(F)F)c(CCC(F)(F)F)c1CCC(F)(F)F. The second-order valence-corrected chi connectivity index (χ2v) is 6.07. The molecule has 28 heavy (non-hydrogen) atoms. The molecule has 0 saturated heterocycles. The minimum absolute atomic E-state index is 0.314. The number of hydrogen-bond donors (Lipinski definition) is 0. The lowest BCUT2D eigenvalue weighted by molar-refractivity contribution is -0.142. The zero-order chi connectivity index (χ0) is 22.0. The number of hydrogen-bond acceptors (Lipinski definition) is 0. The van der Waals surface area contributed by atoms with Crippen LogP contribution >= 0.6 is 0 Å². The second kappa shape index (κ2) is 8.40. The first kappa shape index (κ1) is 24.4. The fourth-order valence-electron chi connectivity index (χ4n) is 2.65. The first-order valence-electron chi connectivity index (χ1n) is 7.80. The summed E-state index contributed by atoms with van der Waals surface area (Å²) in [6.07, 6.45) is -28.0. The van der Waals surface area contributed by atoms with E-state index in [2.05, 4.69) is 0 Å². The first-order chi connectivity index (χ1) is 12.4. The fourth-order valence-corrected chi connectivity index (χ4v) is 2.65. The molecule has 162 valence electrons. The van der Waals surface area contributed by atoms with Gasteiger partial charge in [0.1, 0.15) is 0 Å². The smallest absolute Gasteiger partial charge is 0.171 e. The monoisotopic (exact) mass is 434 g/mol. The molecule has 0 unspecified atom stereocenters. The van der Waals surface area contributed by atoms with Crippen molar-refractivity contribution < 1.29 is 52.7 Å². The van der Waals surface area contributed by atoms with Crippen LogP contribution in [-0.2, 0) is 25.4 Å². The van der Waals surface area contributed by atoms with Gasteiger partial charge in [-0.25, -0.2) is 0 Å². The molecule has 0 aliphatic carbocycles. The van der Waals surface area contributed by atoms with E-state index in [0.717, 1.165) is 0 Å². The van der Waals surface area contributed by atoms with Gasteiger partial charge in [0.25, 0.3) is 0 Å². The molecule has 0 heterocycles. The van der Waals surface area contributed by atoms with Crippen LogP contribution in [0.5, 0.6) is 0 Å². The van der Waals surface area contributed by atoms with E-state index in [9.17, 15) is 52.7 Å². The molecular formula is C16H14F12. The number of aryl methyl sites for hydroxylation is 1. The number of rotatable bonds is 6. The Morgan fingerprint density at radius 3 is 1.29 bits per heavy atom. The highest BCUT2D eigenvalue weighted by atomic mass is 19.4. The molecule has 0 nitrogen and oxygen atoms in total. The number of benzene rings is 1. The van der Waals surface area contributed by atoms with E-state index >= 15 is 0 Å². The van der Waals surface area contributed by atoms with Crippen molar-refractivity contribution in [1.29, 1.82) is 0 Å². The number of halogens is 12. The van der Waals surface area contributed by atoms with E-state index in [1.54, 1.807) is 0 Å². The zero-order valence-corrected chi connectivity index (χ0v) is 13.9. The molecule has 0 saturated carbocycles. The van der Waals surface area contributed by atoms with Gasteiger partial charge < -0.3 is 0 Å². The molecule has 1 aromatic carbocycles. The third kappa shape index (κ3) is 8.59. The van der Waals surface area contributed by atoms with Gasteiger partial charge in [-0.3, -0.25) is 0 Å². The predicted molar refractivity (Wildman–Crippen MR) is 74.6 cm³/mol. The predicted octanol–water partition coefficient (Wildman–Crippen LogP) is 7.19. The van der Waals surface area contributed by atoms with E-state index < -0.39 is 85.5 Å². The van der Waals surface area contributed by atoms with E-state index in [4.69, 9.17) is 0 Å². The molecule has 0 fully saturated rings. The average molecular weight is 434 g/mol. The Morgan fingerprint density at radius 1 is 0.500 bits per heavy atom. The molecule has 0 amide bonds. The second-order valence-electron chi connectivity index (χ2n) is 6.07. The average Bonchev–Trinajstić information content (AvgIpc) is 2.45. The lowest BCUT2D eigenvalue weighted by Gasteiger charge is -2.22. The molecule has 0 N–H and O–H groups in total. The summed E-state index contributed by atoms with van der Waals surface area (Å²) in [5.74, 6) is 0. The molecule has 0 aromatic heterocycles. The van der Waals surface area contributed by atoms with Crippen molar-refractivity contribution in [2.24, 2.45) is 0 Å². The minimum Gasteiger partial charge on any atom is -0.171 e. The van der Waals surface area contributed by atoms with Gasteiger partial charge in [-0.2, -0.15) is 52.7 Å². The summed E-state index contributed by atoms with van der Waals surface area (Å²) in [7, 11) is 0. The zero-order valence-electron chi connectivity index (χ0n) is 13.9. The number of alkyl halides is 12. The summed E-state index contributed by atoms with van der Waals surface area (Å²) in [5.41, 5.74) is -3.87. The molecule has 0 spiro atoms. The topological polar surface area (TPSA) is 0 Å². The fraction of sp³-hybridized carbons (Fsp3) is 0.625. The van der Waals surface area contributed by atoms with Gasteiger partial charge in [0.15, 0.2) is 0 Å². The van der Waals surface area contributed by atoms with Crippen LogP contribution in [0.4, 0.5) is 52.7 Å². The lowest BCUT2D eigenvalue weighted by atomic mass is 9.88. The maximum Gasteiger partial charge on any atom is 0.416 e. The quantitative estimate of drug-likeness (QED) is 0.416. The highest BCUT2D eigenvalue weighted by Crippen LogP contribution is 2.38. The molecule has 0 aliphatic rings. The van der Waals surface area contributed by atoms with Crippen LogP contribution in [0.25, 0.3) is 0 Å². The molecule has 0 atom stereocenters. The van der Waals surface area contributed by atoms with Crippen molar-refractivity contribution in [3.63, 3.8) is 0 Å². The van der Waals surface area contributed by atoms with Crippen molar-refractivity contribution in [3.05, 3.63) is 34.4 Å². The summed E-state index contributed by atoms with van der Waals surface area (Å²) < 4.78 is 152. The van der Waals surface area contributed by atoms with Crippen LogP contribution in [-0.4, -0.2) is 18.5 Å². The van der Waals surface area contributed by atoms with Crippen molar-refractivity contribution in [3.8, 4) is 0 Å². The molecule has 0 aliphatic heterocycles. The highest BCUT2D eigenvalue weighted by Gasteiger charge is 2.38. The van der Waals surface area contributed by atoms with E-state index in [0.29, 0.717) is 12.1 Å². The van der Waals surface area contributed by atoms with Gasteiger partial charge in [-0.05, 0) is 42.0 Å². The maximum absolute atomic E-state index is 13.1. The van der Waals surface area contributed by atoms with Crippen LogP contribution in [0.1, 0.15) is 41.5 Å². The van der Waals surface area contributed by atoms with Gasteiger partial charge in [0.05, 0.1) is 5.56 Å². The van der Waals surface area contributed by atoms with Gasteiger partial charge >= 0.3 is 24.7 Å². The van der Waals surface area contributed by atoms with Gasteiger partial charge in [0.2, 0.25) is 0 Å².